The summed E-state index contributed by atoms with van der Waals surface area (Å²) in [5.41, 5.74) is 0.729. The molecular formula is C7H10O. The van der Waals surface area contributed by atoms with Crippen LogP contribution in [0.1, 0.15) is 13.8 Å². The highest BCUT2D eigenvalue weighted by molar-refractivity contribution is 5.77. The molecule has 0 aromatic rings. The second kappa shape index (κ2) is 4.31. The predicted molar refractivity (Wildman–Crippen MR) is 34.6 cm³/mol. The standard InChI is InChI=1S/C7H10O/c1-3-5-7(4-2)6-8/h3-6H,1-2H3. The van der Waals surface area contributed by atoms with Gasteiger partial charge in [-0.15, -0.1) is 0 Å². The number of carbonyl (C=O) groups is 1. The van der Waals surface area contributed by atoms with Crippen LogP contribution in [0.15, 0.2) is 23.8 Å². The maximum Gasteiger partial charge on any atom is 0.149 e. The molecule has 0 aliphatic rings. The molecule has 1 nitrogen and oxygen atoms in total. The van der Waals surface area contributed by atoms with Crippen LogP contribution in [0, 0.1) is 0 Å². The van der Waals surface area contributed by atoms with E-state index >= 15 is 0 Å². The summed E-state index contributed by atoms with van der Waals surface area (Å²) in [6, 6.07) is 0. The summed E-state index contributed by atoms with van der Waals surface area (Å²) in [5.74, 6) is 0. The average Bonchev–Trinajstić information content (AvgIpc) is 1.83. The van der Waals surface area contributed by atoms with Crippen LogP contribution in [0.25, 0.3) is 0 Å². The summed E-state index contributed by atoms with van der Waals surface area (Å²) < 4.78 is 0. The van der Waals surface area contributed by atoms with E-state index in [2.05, 4.69) is 0 Å². The third-order valence-corrected chi connectivity index (χ3v) is 0.829. The SMILES string of the molecule is CC=CC(C=O)=CC. The zero-order valence-electron chi connectivity index (χ0n) is 5.22. The number of allylic oxidation sites excluding steroid dienone is 4. The van der Waals surface area contributed by atoms with Crippen molar-refractivity contribution >= 4 is 6.29 Å². The molecule has 0 amide bonds. The molecule has 0 atom stereocenters. The summed E-state index contributed by atoms with van der Waals surface area (Å²) in [7, 11) is 0. The Bertz CT molecular complexity index is 120. The summed E-state index contributed by atoms with van der Waals surface area (Å²) in [5, 5.41) is 0. The third kappa shape index (κ3) is 2.35. The molecule has 0 unspecified atom stereocenters. The van der Waals surface area contributed by atoms with Crippen molar-refractivity contribution in [3.05, 3.63) is 23.8 Å². The minimum absolute atomic E-state index is 0.729. The first-order valence-corrected chi connectivity index (χ1v) is 2.59. The van der Waals surface area contributed by atoms with Crippen LogP contribution in [0.4, 0.5) is 0 Å². The lowest BCUT2D eigenvalue weighted by atomic mass is 10.3. The minimum atomic E-state index is 0.729. The number of aldehydes is 1. The van der Waals surface area contributed by atoms with Crippen LogP contribution in [-0.2, 0) is 4.79 Å². The quantitative estimate of drug-likeness (QED) is 0.300. The lowest BCUT2D eigenvalue weighted by molar-refractivity contribution is -0.104. The van der Waals surface area contributed by atoms with E-state index in [0.29, 0.717) is 0 Å². The maximum atomic E-state index is 10.0. The van der Waals surface area contributed by atoms with Crippen molar-refractivity contribution in [3.8, 4) is 0 Å². The van der Waals surface area contributed by atoms with E-state index in [1.807, 2.05) is 19.9 Å². The molecule has 0 aliphatic heterocycles. The van der Waals surface area contributed by atoms with Gasteiger partial charge >= 0.3 is 0 Å². The lowest BCUT2D eigenvalue weighted by Gasteiger charge is -1.80. The van der Waals surface area contributed by atoms with Gasteiger partial charge in [0.05, 0.1) is 0 Å². The molecule has 0 aromatic carbocycles. The smallest absolute Gasteiger partial charge is 0.149 e. The van der Waals surface area contributed by atoms with Crippen LogP contribution in [0.2, 0.25) is 0 Å². The number of hydrogen-bond acceptors (Lipinski definition) is 1. The summed E-state index contributed by atoms with van der Waals surface area (Å²) in [4.78, 5) is 10.0. The normalized spacial score (nSPS) is 12.5. The monoisotopic (exact) mass is 110 g/mol. The topological polar surface area (TPSA) is 17.1 Å². The van der Waals surface area contributed by atoms with Gasteiger partial charge in [-0.05, 0) is 13.8 Å². The Labute approximate surface area is 49.7 Å². The van der Waals surface area contributed by atoms with E-state index in [9.17, 15) is 4.79 Å². The van der Waals surface area contributed by atoms with Crippen molar-refractivity contribution in [1.29, 1.82) is 0 Å². The van der Waals surface area contributed by atoms with E-state index in [0.717, 1.165) is 11.9 Å². The van der Waals surface area contributed by atoms with Gasteiger partial charge in [-0.3, -0.25) is 4.79 Å². The molecule has 0 bridgehead atoms. The van der Waals surface area contributed by atoms with Gasteiger partial charge < -0.3 is 0 Å². The fourth-order valence-corrected chi connectivity index (χ4v) is 0.396. The molecule has 0 aromatic heterocycles. The zero-order chi connectivity index (χ0) is 6.41. The van der Waals surface area contributed by atoms with Crippen molar-refractivity contribution in [2.75, 3.05) is 0 Å². The Hall–Kier alpha value is -0.850. The Morgan fingerprint density at radius 1 is 1.38 bits per heavy atom. The molecule has 0 rings (SSSR count). The predicted octanol–water partition coefficient (Wildman–Crippen LogP) is 1.71. The van der Waals surface area contributed by atoms with Crippen molar-refractivity contribution in [1.82, 2.24) is 0 Å². The van der Waals surface area contributed by atoms with Gasteiger partial charge in [-0.25, -0.2) is 0 Å². The van der Waals surface area contributed by atoms with Crippen LogP contribution < -0.4 is 0 Å². The van der Waals surface area contributed by atoms with Crippen LogP contribution in [-0.4, -0.2) is 6.29 Å². The molecule has 0 heterocycles. The van der Waals surface area contributed by atoms with Gasteiger partial charge in [0, 0.05) is 5.57 Å². The third-order valence-electron chi connectivity index (χ3n) is 0.829. The van der Waals surface area contributed by atoms with Gasteiger partial charge in [-0.2, -0.15) is 0 Å². The number of carbonyl (C=O) groups excluding carboxylic acids is 1. The van der Waals surface area contributed by atoms with Crippen molar-refractivity contribution < 1.29 is 4.79 Å². The molecule has 44 valence electrons. The average molecular weight is 110 g/mol. The van der Waals surface area contributed by atoms with Gasteiger partial charge in [0.1, 0.15) is 6.29 Å². The first-order valence-electron chi connectivity index (χ1n) is 2.59. The highest BCUT2D eigenvalue weighted by atomic mass is 16.1. The second-order valence-corrected chi connectivity index (χ2v) is 1.41. The van der Waals surface area contributed by atoms with E-state index in [1.54, 1.807) is 12.2 Å². The molecule has 8 heavy (non-hydrogen) atoms. The van der Waals surface area contributed by atoms with E-state index in [4.69, 9.17) is 0 Å². The van der Waals surface area contributed by atoms with Crippen molar-refractivity contribution in [2.45, 2.75) is 13.8 Å². The summed E-state index contributed by atoms with van der Waals surface area (Å²) >= 11 is 0. The fraction of sp³-hybridized carbons (Fsp3) is 0.286. The Balaban J connectivity index is 3.91. The molecular weight excluding hydrogens is 100 g/mol. The number of hydrogen-bond donors (Lipinski definition) is 0. The molecule has 0 fully saturated rings. The van der Waals surface area contributed by atoms with Crippen LogP contribution in [0.3, 0.4) is 0 Å². The van der Waals surface area contributed by atoms with Crippen LogP contribution >= 0.6 is 0 Å². The van der Waals surface area contributed by atoms with Gasteiger partial charge in [-0.1, -0.05) is 18.2 Å². The molecule has 0 N–H and O–H groups in total. The van der Waals surface area contributed by atoms with E-state index < -0.39 is 0 Å². The molecule has 0 saturated heterocycles. The molecule has 0 saturated carbocycles. The lowest BCUT2D eigenvalue weighted by Crippen LogP contribution is -1.74. The maximum absolute atomic E-state index is 10.0. The Morgan fingerprint density at radius 3 is 2.12 bits per heavy atom. The Kier molecular flexibility index (Phi) is 3.85. The van der Waals surface area contributed by atoms with Gasteiger partial charge in [0.2, 0.25) is 0 Å². The first-order chi connectivity index (χ1) is 3.85. The van der Waals surface area contributed by atoms with E-state index in [1.165, 1.54) is 0 Å². The largest absolute Gasteiger partial charge is 0.298 e. The molecule has 1 heteroatoms. The summed E-state index contributed by atoms with van der Waals surface area (Å²) in [6.45, 7) is 3.72. The molecule has 0 spiro atoms. The zero-order valence-corrected chi connectivity index (χ0v) is 5.22. The highest BCUT2D eigenvalue weighted by Gasteiger charge is 1.79. The van der Waals surface area contributed by atoms with Crippen LogP contribution in [0.5, 0.6) is 0 Å². The van der Waals surface area contributed by atoms with E-state index in [-0.39, 0.29) is 0 Å². The van der Waals surface area contributed by atoms with Crippen molar-refractivity contribution in [3.63, 3.8) is 0 Å². The Morgan fingerprint density at radius 2 is 2.00 bits per heavy atom. The second-order valence-electron chi connectivity index (χ2n) is 1.41. The first kappa shape index (κ1) is 7.15. The van der Waals surface area contributed by atoms with Gasteiger partial charge in [0.15, 0.2) is 0 Å². The number of rotatable bonds is 2. The minimum Gasteiger partial charge on any atom is -0.298 e. The fourth-order valence-electron chi connectivity index (χ4n) is 0.396. The van der Waals surface area contributed by atoms with Gasteiger partial charge in [0.25, 0.3) is 0 Å². The molecule has 0 radical (unpaired) electrons. The van der Waals surface area contributed by atoms with Crippen molar-refractivity contribution in [2.24, 2.45) is 0 Å². The highest BCUT2D eigenvalue weighted by Crippen LogP contribution is 1.89. The summed E-state index contributed by atoms with van der Waals surface area (Å²) in [6.07, 6.45) is 6.21. The molecule has 0 aliphatic carbocycles.